The molecule has 9 heteroatoms. The molecule has 0 bridgehead atoms. The number of nitrogens with one attached hydrogen (secondary N) is 1. The number of fused-ring (bicyclic) bond motifs is 1. The van der Waals surface area contributed by atoms with Gasteiger partial charge in [-0.3, -0.25) is 4.99 Å². The van der Waals surface area contributed by atoms with Crippen LogP contribution >= 0.6 is 24.0 Å². The fraction of sp³-hybridized carbons (Fsp3) is 0.611. The van der Waals surface area contributed by atoms with Crippen LogP contribution in [0.15, 0.2) is 17.1 Å². The van der Waals surface area contributed by atoms with E-state index in [1.165, 1.54) is 6.07 Å². The number of aliphatic imine (C=N–C) groups is 1. The summed E-state index contributed by atoms with van der Waals surface area (Å²) in [4.78, 5) is 6.62. The Kier molecular flexibility index (Phi) is 7.84. The molecule has 1 atom stereocenters. The van der Waals surface area contributed by atoms with E-state index < -0.39 is 21.5 Å². The number of sulfone groups is 1. The highest BCUT2D eigenvalue weighted by atomic mass is 127. The Morgan fingerprint density at radius 1 is 1.37 bits per heavy atom. The van der Waals surface area contributed by atoms with E-state index in [-0.39, 0.29) is 41.4 Å². The topological polar surface area (TPSA) is 61.8 Å². The monoisotopic (exact) mass is 513 g/mol. The molecule has 1 N–H and O–H groups in total. The second-order valence-corrected chi connectivity index (χ2v) is 9.29. The average Bonchev–Trinajstić information content (AvgIpc) is 2.93. The lowest BCUT2D eigenvalue weighted by molar-refractivity contribution is 0.368. The maximum Gasteiger partial charge on any atom is 0.194 e. The van der Waals surface area contributed by atoms with Gasteiger partial charge in [-0.1, -0.05) is 6.92 Å². The number of hydrogen-bond acceptors (Lipinski definition) is 3. The van der Waals surface area contributed by atoms with Gasteiger partial charge in [0.15, 0.2) is 15.8 Å². The Morgan fingerprint density at radius 2 is 2.15 bits per heavy atom. The molecule has 3 rings (SSSR count). The molecule has 27 heavy (non-hydrogen) atoms. The predicted octanol–water partition coefficient (Wildman–Crippen LogP) is 2.73. The maximum absolute atomic E-state index is 13.9. The van der Waals surface area contributed by atoms with Gasteiger partial charge in [-0.25, -0.2) is 17.2 Å². The van der Waals surface area contributed by atoms with Crippen molar-refractivity contribution in [3.8, 4) is 0 Å². The minimum atomic E-state index is -2.92. The van der Waals surface area contributed by atoms with Crippen LogP contribution in [0.1, 0.15) is 30.9 Å². The Morgan fingerprint density at radius 3 is 2.81 bits per heavy atom. The largest absolute Gasteiger partial charge is 0.356 e. The number of hydrogen-bond donors (Lipinski definition) is 1. The summed E-state index contributed by atoms with van der Waals surface area (Å²) in [6, 6.07) is 2.31. The van der Waals surface area contributed by atoms with Crippen LogP contribution in [-0.2, 0) is 22.8 Å². The van der Waals surface area contributed by atoms with E-state index in [4.69, 9.17) is 0 Å². The van der Waals surface area contributed by atoms with Gasteiger partial charge in [0.1, 0.15) is 11.6 Å². The van der Waals surface area contributed by atoms with Gasteiger partial charge < -0.3 is 10.2 Å². The van der Waals surface area contributed by atoms with E-state index in [2.05, 4.69) is 10.3 Å². The van der Waals surface area contributed by atoms with Gasteiger partial charge in [-0.05, 0) is 42.4 Å². The summed E-state index contributed by atoms with van der Waals surface area (Å²) < 4.78 is 50.7. The zero-order valence-corrected chi connectivity index (χ0v) is 18.5. The van der Waals surface area contributed by atoms with Crippen LogP contribution in [0.5, 0.6) is 0 Å². The Balaban J connectivity index is 0.00000261. The number of halogens is 3. The van der Waals surface area contributed by atoms with Gasteiger partial charge in [-0.2, -0.15) is 0 Å². The average molecular weight is 513 g/mol. The molecule has 1 fully saturated rings. The van der Waals surface area contributed by atoms with Crippen molar-refractivity contribution in [2.45, 2.75) is 32.7 Å². The first-order valence-corrected chi connectivity index (χ1v) is 10.9. The minimum Gasteiger partial charge on any atom is -0.356 e. The summed E-state index contributed by atoms with van der Waals surface area (Å²) in [7, 11) is -2.92. The molecule has 1 saturated heterocycles. The molecule has 1 aromatic rings. The first-order valence-electron chi connectivity index (χ1n) is 9.08. The molecule has 5 nitrogen and oxygen atoms in total. The van der Waals surface area contributed by atoms with Crippen molar-refractivity contribution < 1.29 is 17.2 Å². The summed E-state index contributed by atoms with van der Waals surface area (Å²) in [6.45, 7) is 4.22. The molecule has 0 aliphatic carbocycles. The summed E-state index contributed by atoms with van der Waals surface area (Å²) in [5.41, 5.74) is 1.21. The van der Waals surface area contributed by atoms with Crippen LogP contribution < -0.4 is 5.32 Å². The Bertz CT molecular complexity index is 802. The molecule has 0 radical (unpaired) electrons. The van der Waals surface area contributed by atoms with Crippen LogP contribution in [0.25, 0.3) is 0 Å². The van der Waals surface area contributed by atoms with Gasteiger partial charge in [0.2, 0.25) is 0 Å². The van der Waals surface area contributed by atoms with E-state index in [0.29, 0.717) is 49.6 Å². The number of benzene rings is 1. The molecule has 0 saturated carbocycles. The molecule has 152 valence electrons. The van der Waals surface area contributed by atoms with E-state index in [0.717, 1.165) is 19.0 Å². The predicted molar refractivity (Wildman–Crippen MR) is 113 cm³/mol. The quantitative estimate of drug-likeness (QED) is 0.382. The van der Waals surface area contributed by atoms with Crippen molar-refractivity contribution in [2.75, 3.05) is 31.1 Å². The second-order valence-electron chi connectivity index (χ2n) is 7.06. The molecule has 0 aromatic heterocycles. The van der Waals surface area contributed by atoms with Crippen molar-refractivity contribution in [1.29, 1.82) is 0 Å². The van der Waals surface area contributed by atoms with Crippen LogP contribution in [0.2, 0.25) is 0 Å². The Labute approximate surface area is 176 Å². The van der Waals surface area contributed by atoms with Crippen molar-refractivity contribution in [3.63, 3.8) is 0 Å². The lowest BCUT2D eigenvalue weighted by Crippen LogP contribution is -2.44. The molecule has 1 aromatic carbocycles. The summed E-state index contributed by atoms with van der Waals surface area (Å²) in [6.07, 6.45) is 2.06. The summed E-state index contributed by atoms with van der Waals surface area (Å²) in [5, 5.41) is 3.28. The van der Waals surface area contributed by atoms with Crippen molar-refractivity contribution >= 4 is 39.8 Å². The molecule has 0 amide bonds. The lowest BCUT2D eigenvalue weighted by Gasteiger charge is -2.32. The van der Waals surface area contributed by atoms with Crippen LogP contribution in [0.4, 0.5) is 8.78 Å². The third kappa shape index (κ3) is 5.75. The van der Waals surface area contributed by atoms with E-state index >= 15 is 0 Å². The molecular formula is C18H26F2IN3O2S. The smallest absolute Gasteiger partial charge is 0.194 e. The third-order valence-electron chi connectivity index (χ3n) is 4.90. The van der Waals surface area contributed by atoms with Gasteiger partial charge in [-0.15, -0.1) is 24.0 Å². The van der Waals surface area contributed by atoms with E-state index in [9.17, 15) is 17.2 Å². The second kappa shape index (κ2) is 9.49. The fourth-order valence-electron chi connectivity index (χ4n) is 3.53. The zero-order chi connectivity index (χ0) is 18.7. The first kappa shape index (κ1) is 22.3. The molecule has 2 aliphatic heterocycles. The van der Waals surface area contributed by atoms with Crippen LogP contribution in [0.3, 0.4) is 0 Å². The normalized spacial score (nSPS) is 21.5. The van der Waals surface area contributed by atoms with Gasteiger partial charge in [0.25, 0.3) is 0 Å². The van der Waals surface area contributed by atoms with E-state index in [1.807, 2.05) is 11.8 Å². The maximum atomic E-state index is 13.9. The Hall–Kier alpha value is -0.970. The summed E-state index contributed by atoms with van der Waals surface area (Å²) >= 11 is 0. The highest BCUT2D eigenvalue weighted by Crippen LogP contribution is 2.24. The molecule has 2 aliphatic rings. The SMILES string of the molecule is CCCNC(=NCC1CCS(=O)(=O)C1)N1CCc2c(F)cc(F)cc2C1.I. The van der Waals surface area contributed by atoms with Crippen LogP contribution in [0, 0.1) is 17.6 Å². The molecular weight excluding hydrogens is 487 g/mol. The zero-order valence-electron chi connectivity index (χ0n) is 15.4. The first-order chi connectivity index (χ1) is 12.4. The lowest BCUT2D eigenvalue weighted by atomic mass is 9.99. The van der Waals surface area contributed by atoms with Crippen molar-refractivity contribution in [2.24, 2.45) is 10.9 Å². The molecule has 0 spiro atoms. The van der Waals surface area contributed by atoms with Gasteiger partial charge in [0, 0.05) is 32.2 Å². The number of rotatable bonds is 4. The number of guanidine groups is 1. The van der Waals surface area contributed by atoms with Gasteiger partial charge >= 0.3 is 0 Å². The van der Waals surface area contributed by atoms with Gasteiger partial charge in [0.05, 0.1) is 11.5 Å². The highest BCUT2D eigenvalue weighted by Gasteiger charge is 2.28. The van der Waals surface area contributed by atoms with Crippen molar-refractivity contribution in [3.05, 3.63) is 34.9 Å². The minimum absolute atomic E-state index is 0. The molecule has 1 unspecified atom stereocenters. The van der Waals surface area contributed by atoms with Crippen molar-refractivity contribution in [1.82, 2.24) is 10.2 Å². The fourth-order valence-corrected chi connectivity index (χ4v) is 5.38. The molecule has 2 heterocycles. The van der Waals surface area contributed by atoms with E-state index in [1.54, 1.807) is 0 Å². The number of nitrogens with zero attached hydrogens (tertiary/aromatic N) is 2. The highest BCUT2D eigenvalue weighted by molar-refractivity contribution is 14.0. The third-order valence-corrected chi connectivity index (χ3v) is 6.74. The summed E-state index contributed by atoms with van der Waals surface area (Å²) in [5.74, 6) is 0.101. The standard InChI is InChI=1S/C18H25F2N3O2S.HI/c1-2-5-21-18(22-10-13-4-7-26(24,25)12-13)23-6-3-16-14(11-23)8-15(19)9-17(16)20;/h8-9,13H,2-7,10-12H2,1H3,(H,21,22);1H. The van der Waals surface area contributed by atoms with Crippen LogP contribution in [-0.4, -0.2) is 50.4 Å².